The van der Waals surface area contributed by atoms with E-state index in [1.807, 2.05) is 6.92 Å². The highest BCUT2D eigenvalue weighted by Crippen LogP contribution is 2.19. The first-order valence-electron chi connectivity index (χ1n) is 5.79. The first kappa shape index (κ1) is 13.4. The molecule has 1 fully saturated rings. The lowest BCUT2D eigenvalue weighted by molar-refractivity contribution is 0.314. The van der Waals surface area contributed by atoms with Gasteiger partial charge in [-0.2, -0.15) is 0 Å². The van der Waals surface area contributed by atoms with Crippen LogP contribution in [0.3, 0.4) is 0 Å². The molecule has 1 heterocycles. The maximum Gasteiger partial charge on any atom is 0.214 e. The number of sulfonamides is 1. The zero-order valence-corrected chi connectivity index (χ0v) is 10.6. The standard InChI is InChI=1S/C10H21N3O2S/c1-2-3-8-16(14,15)13-6-4-9(5-7-13)10(11)12/h9H,2-8H2,1H3,(H3,11,12). The Labute approximate surface area is 97.6 Å². The van der Waals surface area contributed by atoms with E-state index in [0.29, 0.717) is 25.9 Å². The normalized spacial score (nSPS) is 19.8. The molecule has 0 amide bonds. The molecule has 1 aliphatic heterocycles. The zero-order valence-electron chi connectivity index (χ0n) is 9.78. The SMILES string of the molecule is CCCCS(=O)(=O)N1CCC(C(=N)N)CC1. The van der Waals surface area contributed by atoms with Crippen molar-refractivity contribution in [2.45, 2.75) is 32.6 Å². The Morgan fingerprint density at radius 3 is 2.44 bits per heavy atom. The molecule has 94 valence electrons. The fourth-order valence-electron chi connectivity index (χ4n) is 1.90. The van der Waals surface area contributed by atoms with Gasteiger partial charge in [0.2, 0.25) is 10.0 Å². The van der Waals surface area contributed by atoms with Crippen molar-refractivity contribution in [2.24, 2.45) is 11.7 Å². The molecule has 1 saturated heterocycles. The number of unbranched alkanes of at least 4 members (excludes halogenated alkanes) is 1. The molecule has 0 saturated carbocycles. The van der Waals surface area contributed by atoms with Gasteiger partial charge in [-0.15, -0.1) is 0 Å². The van der Waals surface area contributed by atoms with E-state index in [1.54, 1.807) is 4.31 Å². The molecule has 1 rings (SSSR count). The number of nitrogens with zero attached hydrogens (tertiary/aromatic N) is 1. The van der Waals surface area contributed by atoms with E-state index in [9.17, 15) is 8.42 Å². The maximum absolute atomic E-state index is 11.9. The summed E-state index contributed by atoms with van der Waals surface area (Å²) in [5, 5.41) is 7.33. The van der Waals surface area contributed by atoms with Gasteiger partial charge in [0.25, 0.3) is 0 Å². The number of hydrogen-bond donors (Lipinski definition) is 2. The Morgan fingerprint density at radius 2 is 2.00 bits per heavy atom. The average molecular weight is 247 g/mol. The van der Waals surface area contributed by atoms with Crippen LogP contribution in [0.1, 0.15) is 32.6 Å². The van der Waals surface area contributed by atoms with Gasteiger partial charge in [0.1, 0.15) is 0 Å². The van der Waals surface area contributed by atoms with Crippen LogP contribution in [-0.4, -0.2) is 37.4 Å². The highest BCUT2D eigenvalue weighted by molar-refractivity contribution is 7.89. The Kier molecular flexibility index (Phi) is 4.73. The summed E-state index contributed by atoms with van der Waals surface area (Å²) in [5.41, 5.74) is 5.42. The smallest absolute Gasteiger partial charge is 0.214 e. The Balaban J connectivity index is 2.50. The van der Waals surface area contributed by atoms with E-state index in [2.05, 4.69) is 0 Å². The highest BCUT2D eigenvalue weighted by Gasteiger charge is 2.28. The fourth-order valence-corrected chi connectivity index (χ4v) is 3.58. The van der Waals surface area contributed by atoms with Gasteiger partial charge in [-0.05, 0) is 19.3 Å². The minimum absolute atomic E-state index is 0.0672. The largest absolute Gasteiger partial charge is 0.387 e. The molecule has 0 spiro atoms. The fraction of sp³-hybridized carbons (Fsp3) is 0.900. The molecular weight excluding hydrogens is 226 g/mol. The predicted molar refractivity (Wildman–Crippen MR) is 64.9 cm³/mol. The van der Waals surface area contributed by atoms with Crippen LogP contribution < -0.4 is 5.73 Å². The van der Waals surface area contributed by atoms with Crippen LogP contribution in [-0.2, 0) is 10.0 Å². The van der Waals surface area contributed by atoms with Crippen LogP contribution in [0.25, 0.3) is 0 Å². The van der Waals surface area contributed by atoms with Crippen LogP contribution in [0, 0.1) is 11.3 Å². The van der Waals surface area contributed by atoms with Gasteiger partial charge < -0.3 is 5.73 Å². The van der Waals surface area contributed by atoms with Crippen molar-refractivity contribution < 1.29 is 8.42 Å². The summed E-state index contributed by atoms with van der Waals surface area (Å²) in [6.07, 6.45) is 2.97. The van der Waals surface area contributed by atoms with Crippen LogP contribution >= 0.6 is 0 Å². The van der Waals surface area contributed by atoms with Crippen molar-refractivity contribution in [2.75, 3.05) is 18.8 Å². The van der Waals surface area contributed by atoms with Gasteiger partial charge in [0.05, 0.1) is 11.6 Å². The molecule has 0 aromatic carbocycles. The molecule has 3 N–H and O–H groups in total. The molecule has 0 aromatic heterocycles. The van der Waals surface area contributed by atoms with Crippen LogP contribution in [0.2, 0.25) is 0 Å². The molecular formula is C10H21N3O2S. The summed E-state index contributed by atoms with van der Waals surface area (Å²) in [6, 6.07) is 0. The lowest BCUT2D eigenvalue weighted by Crippen LogP contribution is -2.42. The quantitative estimate of drug-likeness (QED) is 0.555. The molecule has 0 aromatic rings. The van der Waals surface area contributed by atoms with Crippen molar-refractivity contribution in [1.82, 2.24) is 4.31 Å². The highest BCUT2D eigenvalue weighted by atomic mass is 32.2. The van der Waals surface area contributed by atoms with Crippen LogP contribution in [0.5, 0.6) is 0 Å². The Morgan fingerprint density at radius 1 is 1.44 bits per heavy atom. The number of nitrogens with one attached hydrogen (secondary N) is 1. The van der Waals surface area contributed by atoms with Gasteiger partial charge in [-0.25, -0.2) is 12.7 Å². The van der Waals surface area contributed by atoms with E-state index < -0.39 is 10.0 Å². The average Bonchev–Trinajstić information content (AvgIpc) is 2.26. The van der Waals surface area contributed by atoms with Crippen molar-refractivity contribution in [1.29, 1.82) is 5.41 Å². The maximum atomic E-state index is 11.9. The monoisotopic (exact) mass is 247 g/mol. The number of piperidine rings is 1. The van der Waals surface area contributed by atoms with Crippen molar-refractivity contribution in [3.8, 4) is 0 Å². The van der Waals surface area contributed by atoms with Gasteiger partial charge in [0, 0.05) is 19.0 Å². The number of rotatable bonds is 5. The van der Waals surface area contributed by atoms with Gasteiger partial charge in [0.15, 0.2) is 0 Å². The van der Waals surface area contributed by atoms with E-state index in [0.717, 1.165) is 12.8 Å². The van der Waals surface area contributed by atoms with Gasteiger partial charge >= 0.3 is 0 Å². The van der Waals surface area contributed by atoms with Crippen molar-refractivity contribution in [3.05, 3.63) is 0 Å². The van der Waals surface area contributed by atoms with Crippen molar-refractivity contribution >= 4 is 15.9 Å². The minimum Gasteiger partial charge on any atom is -0.387 e. The molecule has 1 aliphatic rings. The molecule has 0 radical (unpaired) electrons. The predicted octanol–water partition coefficient (Wildman–Crippen LogP) is 0.764. The zero-order chi connectivity index (χ0) is 12.2. The number of nitrogens with two attached hydrogens (primary N) is 1. The summed E-state index contributed by atoms with van der Waals surface area (Å²) in [6.45, 7) is 3.00. The first-order valence-corrected chi connectivity index (χ1v) is 7.40. The van der Waals surface area contributed by atoms with Crippen molar-refractivity contribution in [3.63, 3.8) is 0 Å². The summed E-state index contributed by atoms with van der Waals surface area (Å²) >= 11 is 0. The Bertz CT molecular complexity index is 332. The third-order valence-electron chi connectivity index (χ3n) is 3.04. The molecule has 5 nitrogen and oxygen atoms in total. The van der Waals surface area contributed by atoms with Crippen LogP contribution in [0.4, 0.5) is 0 Å². The number of hydrogen-bond acceptors (Lipinski definition) is 3. The topological polar surface area (TPSA) is 87.2 Å². The second-order valence-corrected chi connectivity index (χ2v) is 6.39. The van der Waals surface area contributed by atoms with Gasteiger partial charge in [-0.3, -0.25) is 5.41 Å². The summed E-state index contributed by atoms with van der Waals surface area (Å²) in [7, 11) is -3.07. The third-order valence-corrected chi connectivity index (χ3v) is 5.00. The van der Waals surface area contributed by atoms with E-state index in [-0.39, 0.29) is 17.5 Å². The number of amidine groups is 1. The van der Waals surface area contributed by atoms with E-state index in [1.165, 1.54) is 0 Å². The molecule has 0 bridgehead atoms. The molecule has 16 heavy (non-hydrogen) atoms. The van der Waals surface area contributed by atoms with E-state index in [4.69, 9.17) is 11.1 Å². The second-order valence-electron chi connectivity index (χ2n) is 4.30. The third kappa shape index (κ3) is 3.45. The van der Waals surface area contributed by atoms with Gasteiger partial charge in [-0.1, -0.05) is 13.3 Å². The lowest BCUT2D eigenvalue weighted by Gasteiger charge is -2.30. The molecule has 6 heteroatoms. The first-order chi connectivity index (χ1) is 7.47. The summed E-state index contributed by atoms with van der Waals surface area (Å²) in [5.74, 6) is 0.497. The molecule has 0 aliphatic carbocycles. The molecule has 0 unspecified atom stereocenters. The minimum atomic E-state index is -3.07. The second kappa shape index (κ2) is 5.63. The molecule has 0 atom stereocenters. The van der Waals surface area contributed by atoms with Crippen LogP contribution in [0.15, 0.2) is 0 Å². The summed E-state index contributed by atoms with van der Waals surface area (Å²) < 4.78 is 25.3. The summed E-state index contributed by atoms with van der Waals surface area (Å²) in [4.78, 5) is 0. The van der Waals surface area contributed by atoms with E-state index >= 15 is 0 Å². The lowest BCUT2D eigenvalue weighted by atomic mass is 9.97. The Hall–Kier alpha value is -0.620.